The highest BCUT2D eigenvalue weighted by molar-refractivity contribution is 6.03. The molecule has 1 amide bonds. The maximum absolute atomic E-state index is 12.4. The third-order valence-electron chi connectivity index (χ3n) is 3.27. The summed E-state index contributed by atoms with van der Waals surface area (Å²) in [5, 5.41) is 11.9. The van der Waals surface area contributed by atoms with E-state index in [4.69, 9.17) is 9.47 Å². The van der Waals surface area contributed by atoms with Crippen molar-refractivity contribution < 1.29 is 14.3 Å². The molecule has 1 aromatic carbocycles. The molecule has 128 valence electrons. The Balaban J connectivity index is 1.84. The predicted octanol–water partition coefficient (Wildman–Crippen LogP) is 2.80. The molecule has 0 bridgehead atoms. The van der Waals surface area contributed by atoms with Crippen molar-refractivity contribution in [3.8, 4) is 23.3 Å². The van der Waals surface area contributed by atoms with Crippen LogP contribution in [0.2, 0.25) is 0 Å². The number of hydrogen-bond donors (Lipinski definition) is 1. The predicted molar refractivity (Wildman–Crippen MR) is 92.0 cm³/mol. The molecular formula is C18H13N5O3. The summed E-state index contributed by atoms with van der Waals surface area (Å²) in [6.45, 7) is 0. The first-order valence-corrected chi connectivity index (χ1v) is 7.47. The van der Waals surface area contributed by atoms with E-state index in [2.05, 4.69) is 20.3 Å². The summed E-state index contributed by atoms with van der Waals surface area (Å²) in [6, 6.07) is 9.85. The molecule has 0 saturated heterocycles. The largest absolute Gasteiger partial charge is 0.497 e. The van der Waals surface area contributed by atoms with E-state index in [1.54, 1.807) is 18.2 Å². The summed E-state index contributed by atoms with van der Waals surface area (Å²) in [5.74, 6) is 0.860. The number of aromatic nitrogens is 3. The van der Waals surface area contributed by atoms with Gasteiger partial charge >= 0.3 is 0 Å². The normalized spacial score (nSPS) is 9.85. The van der Waals surface area contributed by atoms with E-state index in [-0.39, 0.29) is 5.69 Å². The molecule has 0 aliphatic heterocycles. The number of carbonyl (C=O) groups excluding carboxylic acids is 1. The molecule has 3 rings (SSSR count). The fourth-order valence-electron chi connectivity index (χ4n) is 2.13. The first-order chi connectivity index (χ1) is 12.7. The quantitative estimate of drug-likeness (QED) is 0.755. The second kappa shape index (κ2) is 7.72. The van der Waals surface area contributed by atoms with Gasteiger partial charge in [0.25, 0.3) is 5.91 Å². The van der Waals surface area contributed by atoms with Gasteiger partial charge in [-0.25, -0.2) is 9.97 Å². The van der Waals surface area contributed by atoms with Crippen LogP contribution >= 0.6 is 0 Å². The maximum atomic E-state index is 12.4. The Morgan fingerprint density at radius 2 is 1.92 bits per heavy atom. The van der Waals surface area contributed by atoms with Crippen LogP contribution in [0.3, 0.4) is 0 Å². The van der Waals surface area contributed by atoms with Crippen LogP contribution in [0.25, 0.3) is 0 Å². The Kier molecular flexibility index (Phi) is 5.00. The van der Waals surface area contributed by atoms with Crippen LogP contribution in [0.4, 0.5) is 5.69 Å². The first kappa shape index (κ1) is 16.9. The van der Waals surface area contributed by atoms with E-state index in [9.17, 15) is 10.1 Å². The van der Waals surface area contributed by atoms with Crippen molar-refractivity contribution in [2.45, 2.75) is 0 Å². The minimum Gasteiger partial charge on any atom is -0.497 e. The van der Waals surface area contributed by atoms with Gasteiger partial charge in [0.05, 0.1) is 31.1 Å². The minimum absolute atomic E-state index is 0.186. The molecule has 3 aromatic rings. The molecule has 0 radical (unpaired) electrons. The molecule has 0 spiro atoms. The summed E-state index contributed by atoms with van der Waals surface area (Å²) < 4.78 is 10.7. The van der Waals surface area contributed by atoms with Gasteiger partial charge in [-0.3, -0.25) is 9.78 Å². The van der Waals surface area contributed by atoms with Crippen molar-refractivity contribution in [2.75, 3.05) is 12.4 Å². The topological polar surface area (TPSA) is 110 Å². The van der Waals surface area contributed by atoms with Gasteiger partial charge in [0.1, 0.15) is 23.5 Å². The lowest BCUT2D eigenvalue weighted by Gasteiger charge is -2.10. The zero-order valence-corrected chi connectivity index (χ0v) is 13.7. The number of nitrogens with one attached hydrogen (secondary N) is 1. The number of rotatable bonds is 5. The number of nitriles is 1. The lowest BCUT2D eigenvalue weighted by atomic mass is 10.2. The van der Waals surface area contributed by atoms with Gasteiger partial charge in [0, 0.05) is 24.0 Å². The van der Waals surface area contributed by atoms with Crippen molar-refractivity contribution in [3.63, 3.8) is 0 Å². The van der Waals surface area contributed by atoms with Gasteiger partial charge in [-0.15, -0.1) is 0 Å². The Morgan fingerprint density at radius 1 is 1.12 bits per heavy atom. The zero-order valence-electron chi connectivity index (χ0n) is 13.7. The van der Waals surface area contributed by atoms with E-state index < -0.39 is 5.91 Å². The molecule has 26 heavy (non-hydrogen) atoms. The summed E-state index contributed by atoms with van der Waals surface area (Å²) in [7, 11) is 1.50. The molecule has 0 atom stereocenters. The molecule has 0 fully saturated rings. The number of nitrogens with zero attached hydrogens (tertiary/aromatic N) is 4. The third kappa shape index (κ3) is 4.10. The van der Waals surface area contributed by atoms with Gasteiger partial charge in [0.2, 0.25) is 0 Å². The molecule has 1 N–H and O–H groups in total. The Hall–Kier alpha value is -3.99. The fraction of sp³-hybridized carbons (Fsp3) is 0.0556. The lowest BCUT2D eigenvalue weighted by molar-refractivity contribution is 0.102. The molecular weight excluding hydrogens is 334 g/mol. The van der Waals surface area contributed by atoms with Gasteiger partial charge in [-0.2, -0.15) is 5.26 Å². The smallest absolute Gasteiger partial charge is 0.274 e. The van der Waals surface area contributed by atoms with Crippen molar-refractivity contribution in [1.82, 2.24) is 15.0 Å². The van der Waals surface area contributed by atoms with Crippen molar-refractivity contribution in [3.05, 3.63) is 66.5 Å². The number of hydrogen-bond acceptors (Lipinski definition) is 7. The fourth-order valence-corrected chi connectivity index (χ4v) is 2.13. The van der Waals surface area contributed by atoms with Crippen LogP contribution in [0.1, 0.15) is 16.1 Å². The number of ether oxygens (including phenoxy) is 2. The number of methoxy groups -OCH3 is 1. The van der Waals surface area contributed by atoms with E-state index in [1.807, 2.05) is 6.07 Å². The highest BCUT2D eigenvalue weighted by Gasteiger charge is 2.11. The second-order valence-electron chi connectivity index (χ2n) is 5.07. The average molecular weight is 347 g/mol. The van der Waals surface area contributed by atoms with Crippen molar-refractivity contribution in [1.29, 1.82) is 5.26 Å². The van der Waals surface area contributed by atoms with Crippen LogP contribution in [0.5, 0.6) is 17.2 Å². The molecule has 8 heteroatoms. The third-order valence-corrected chi connectivity index (χ3v) is 3.27. The van der Waals surface area contributed by atoms with Gasteiger partial charge in [-0.1, -0.05) is 0 Å². The van der Waals surface area contributed by atoms with E-state index >= 15 is 0 Å². The Morgan fingerprint density at radius 3 is 2.65 bits per heavy atom. The number of pyridine rings is 1. The number of carbonyl (C=O) groups is 1. The number of anilines is 1. The van der Waals surface area contributed by atoms with Gasteiger partial charge < -0.3 is 14.8 Å². The zero-order chi connectivity index (χ0) is 18.4. The Labute approximate surface area is 149 Å². The summed E-state index contributed by atoms with van der Waals surface area (Å²) in [6.07, 6.45) is 5.84. The number of benzene rings is 1. The van der Waals surface area contributed by atoms with Crippen LogP contribution in [0, 0.1) is 11.3 Å². The van der Waals surface area contributed by atoms with Crippen LogP contribution in [-0.4, -0.2) is 28.0 Å². The van der Waals surface area contributed by atoms with Crippen molar-refractivity contribution in [2.24, 2.45) is 0 Å². The second-order valence-corrected chi connectivity index (χ2v) is 5.07. The summed E-state index contributed by atoms with van der Waals surface area (Å²) in [4.78, 5) is 24.1. The molecule has 0 unspecified atom stereocenters. The average Bonchev–Trinajstić information content (AvgIpc) is 2.68. The maximum Gasteiger partial charge on any atom is 0.274 e. The standard InChI is InChI=1S/C18H13N5O3/c1-25-14-2-3-22-17(7-14)18(24)23-13-4-12(8-19)5-15(6-13)26-16-9-20-11-21-10-16/h2-7,9-11H,1H3,(H,23,24). The van der Waals surface area contributed by atoms with Gasteiger partial charge in [-0.05, 0) is 18.2 Å². The molecule has 8 nitrogen and oxygen atoms in total. The SMILES string of the molecule is COc1ccnc(C(=O)Nc2cc(C#N)cc(Oc3cncnc3)c2)c1. The van der Waals surface area contributed by atoms with Crippen molar-refractivity contribution >= 4 is 11.6 Å². The monoisotopic (exact) mass is 347 g/mol. The van der Waals surface area contributed by atoms with E-state index in [1.165, 1.54) is 44.2 Å². The molecule has 0 aliphatic rings. The molecule has 0 saturated carbocycles. The summed E-state index contributed by atoms with van der Waals surface area (Å²) in [5.41, 5.74) is 0.907. The van der Waals surface area contributed by atoms with Crippen LogP contribution in [0.15, 0.2) is 55.2 Å². The lowest BCUT2D eigenvalue weighted by Crippen LogP contribution is -2.13. The van der Waals surface area contributed by atoms with E-state index in [0.717, 1.165) is 0 Å². The first-order valence-electron chi connectivity index (χ1n) is 7.47. The van der Waals surface area contributed by atoms with Gasteiger partial charge in [0.15, 0.2) is 5.75 Å². The minimum atomic E-state index is -0.437. The van der Waals surface area contributed by atoms with E-state index in [0.29, 0.717) is 28.5 Å². The molecule has 0 aliphatic carbocycles. The Bertz CT molecular complexity index is 970. The van der Waals surface area contributed by atoms with Crippen LogP contribution < -0.4 is 14.8 Å². The van der Waals surface area contributed by atoms with Crippen LogP contribution in [-0.2, 0) is 0 Å². The highest BCUT2D eigenvalue weighted by Crippen LogP contribution is 2.25. The highest BCUT2D eigenvalue weighted by atomic mass is 16.5. The number of amides is 1. The summed E-state index contributed by atoms with van der Waals surface area (Å²) >= 11 is 0. The molecule has 2 heterocycles. The molecule has 2 aromatic heterocycles.